The van der Waals surface area contributed by atoms with Gasteiger partial charge in [-0.3, -0.25) is 0 Å². The molecule has 3 unspecified atom stereocenters. The number of alkyl carbamates (subject to hydrolysis) is 1. The summed E-state index contributed by atoms with van der Waals surface area (Å²) < 4.78 is 22.2. The van der Waals surface area contributed by atoms with Crippen LogP contribution in [-0.2, 0) is 25.1 Å². The van der Waals surface area contributed by atoms with Gasteiger partial charge < -0.3 is 19.9 Å². The molecule has 0 radical (unpaired) electrons. The van der Waals surface area contributed by atoms with Crippen molar-refractivity contribution in [2.45, 2.75) is 84.8 Å². The quantitative estimate of drug-likeness (QED) is 0.334. The van der Waals surface area contributed by atoms with Gasteiger partial charge in [0.1, 0.15) is 18.3 Å². The predicted molar refractivity (Wildman–Crippen MR) is 121 cm³/mol. The normalized spacial score (nSPS) is 18.0. The largest absolute Gasteiger partial charge is 0.445 e. The molecule has 0 aromatic heterocycles. The first-order valence-corrected chi connectivity index (χ1v) is 12.1. The molecule has 0 bridgehead atoms. The van der Waals surface area contributed by atoms with Crippen LogP contribution in [0, 0.1) is 5.92 Å². The summed E-state index contributed by atoms with van der Waals surface area (Å²) in [5.41, 5.74) is -0.353. The van der Waals surface area contributed by atoms with Crippen LogP contribution in [-0.4, -0.2) is 52.9 Å². The van der Waals surface area contributed by atoms with Gasteiger partial charge in [-0.15, -0.1) is 0 Å². The lowest BCUT2D eigenvalue weighted by molar-refractivity contribution is -0.107. The Bertz CT molecular complexity index is 668. The monoisotopic (exact) mass is 460 g/mol. The fourth-order valence-corrected chi connectivity index (χ4v) is 5.57. The zero-order valence-corrected chi connectivity index (χ0v) is 20.8. The second-order valence-electron chi connectivity index (χ2n) is 8.88. The van der Waals surface area contributed by atoms with Crippen molar-refractivity contribution >= 4 is 14.0 Å². The smallest absolute Gasteiger partial charge is 0.412 e. The van der Waals surface area contributed by atoms with Crippen molar-refractivity contribution in [1.82, 2.24) is 5.32 Å². The summed E-state index contributed by atoms with van der Waals surface area (Å²) in [6, 6.07) is 8.40. The van der Waals surface area contributed by atoms with Crippen LogP contribution in [0.15, 0.2) is 30.3 Å². The molecule has 0 saturated heterocycles. The molecule has 0 aliphatic rings. The maximum Gasteiger partial charge on any atom is 0.412 e. The van der Waals surface area contributed by atoms with Crippen LogP contribution in [0.3, 0.4) is 0 Å². The number of nitrogens with one attached hydrogen (secondary N) is 1. The Morgan fingerprint density at radius 1 is 1.13 bits per heavy atom. The van der Waals surface area contributed by atoms with E-state index in [-0.39, 0.29) is 12.7 Å². The van der Waals surface area contributed by atoms with Crippen LogP contribution in [0.25, 0.3) is 0 Å². The molecular weight excluding hydrogens is 421 g/mol. The molecule has 3 N–H and O–H groups in total. The van der Waals surface area contributed by atoms with Gasteiger partial charge in [-0.25, -0.2) is 4.79 Å². The van der Waals surface area contributed by atoms with E-state index >= 15 is 0 Å². The maximum atomic E-state index is 12.4. The van der Waals surface area contributed by atoms with Gasteiger partial charge in [0.15, 0.2) is 11.9 Å². The highest BCUT2D eigenvalue weighted by molar-refractivity contribution is 7.61. The topological polar surface area (TPSA) is 106 Å². The number of methoxy groups -OCH3 is 1. The van der Waals surface area contributed by atoms with E-state index in [2.05, 4.69) is 5.32 Å². The third kappa shape index (κ3) is 9.39. The number of rotatable bonds is 11. The van der Waals surface area contributed by atoms with Crippen molar-refractivity contribution in [3.8, 4) is 0 Å². The molecule has 0 aliphatic heterocycles. The fraction of sp³-hybridized carbons (Fsp3) is 0.682. The van der Waals surface area contributed by atoms with Crippen molar-refractivity contribution in [2.24, 2.45) is 5.92 Å². The standard InChI is InChI=1S/C22H38NO7P/c1-15(2)29-31(26,30-22(5,6)7)17(4)16(3)19(20(24)27-8)23-21(25)28-14-18-12-10-9-11-13-18/h9-13,15-17,19-20,24,26H,14H2,1-8H3/p+1/t16-,17?,19-,20?,31?/m0/s1. The van der Waals surface area contributed by atoms with Crippen LogP contribution in [0.2, 0.25) is 0 Å². The third-order valence-corrected chi connectivity index (χ3v) is 7.69. The van der Waals surface area contributed by atoms with Crippen LogP contribution in [0.4, 0.5) is 4.79 Å². The zero-order valence-electron chi connectivity index (χ0n) is 19.9. The Hall–Kier alpha value is -1.28. The highest BCUT2D eigenvalue weighted by atomic mass is 31.2. The van der Waals surface area contributed by atoms with Gasteiger partial charge >= 0.3 is 14.0 Å². The summed E-state index contributed by atoms with van der Waals surface area (Å²) in [4.78, 5) is 23.8. The summed E-state index contributed by atoms with van der Waals surface area (Å²) in [5, 5.41) is 13.1. The van der Waals surface area contributed by atoms with Crippen molar-refractivity contribution < 1.29 is 33.3 Å². The summed E-state index contributed by atoms with van der Waals surface area (Å²) in [5.74, 6) is -0.473. The molecule has 0 fully saturated rings. The zero-order chi connectivity index (χ0) is 23.8. The first-order chi connectivity index (χ1) is 14.3. The molecule has 0 saturated carbocycles. The van der Waals surface area contributed by atoms with Crippen LogP contribution in [0.5, 0.6) is 0 Å². The first-order valence-electron chi connectivity index (χ1n) is 10.5. The minimum atomic E-state index is -3.36. The van der Waals surface area contributed by atoms with Gasteiger partial charge in [-0.05, 0) is 47.1 Å². The SMILES string of the molecule is COC(O)[C@@H](NC(=O)OCc1ccccc1)[C@@H](C)C(C)[P+](O)(OC(C)C)OC(C)(C)C. The number of aliphatic hydroxyl groups is 1. The predicted octanol–water partition coefficient (Wildman–Crippen LogP) is 4.27. The number of ether oxygens (including phenoxy) is 2. The van der Waals surface area contributed by atoms with Gasteiger partial charge in [0.2, 0.25) is 0 Å². The number of hydrogen-bond acceptors (Lipinski definition) is 7. The number of amides is 1. The Labute approximate surface area is 186 Å². The number of hydrogen-bond donors (Lipinski definition) is 3. The molecule has 1 aromatic rings. The lowest BCUT2D eigenvalue weighted by atomic mass is 9.98. The van der Waals surface area contributed by atoms with Gasteiger partial charge in [-0.1, -0.05) is 37.3 Å². The van der Waals surface area contributed by atoms with Gasteiger partial charge in [0.05, 0.1) is 6.04 Å². The van der Waals surface area contributed by atoms with Crippen LogP contribution in [0.1, 0.15) is 54.0 Å². The number of aliphatic hydroxyl groups excluding tert-OH is 1. The van der Waals surface area contributed by atoms with E-state index in [4.69, 9.17) is 18.5 Å². The van der Waals surface area contributed by atoms with E-state index in [9.17, 15) is 14.8 Å². The fourth-order valence-electron chi connectivity index (χ4n) is 3.00. The molecule has 9 heteroatoms. The Balaban J connectivity index is 2.97. The van der Waals surface area contributed by atoms with Crippen molar-refractivity contribution in [2.75, 3.05) is 7.11 Å². The minimum Gasteiger partial charge on any atom is -0.445 e. The molecule has 31 heavy (non-hydrogen) atoms. The van der Waals surface area contributed by atoms with Crippen molar-refractivity contribution in [3.05, 3.63) is 35.9 Å². The molecule has 1 rings (SSSR count). The minimum absolute atomic E-state index is 0.0902. The number of carbonyl (C=O) groups is 1. The van der Waals surface area contributed by atoms with E-state index in [0.717, 1.165) is 5.56 Å². The second kappa shape index (κ2) is 12.1. The third-order valence-electron chi connectivity index (χ3n) is 4.65. The second-order valence-corrected chi connectivity index (χ2v) is 11.2. The maximum absolute atomic E-state index is 12.4. The number of benzene rings is 1. The van der Waals surface area contributed by atoms with E-state index in [1.165, 1.54) is 7.11 Å². The van der Waals surface area contributed by atoms with E-state index < -0.39 is 43.5 Å². The molecule has 0 aliphatic carbocycles. The van der Waals surface area contributed by atoms with Gasteiger partial charge in [0, 0.05) is 13.0 Å². The molecule has 1 aromatic carbocycles. The first kappa shape index (κ1) is 27.8. The average molecular weight is 461 g/mol. The van der Waals surface area contributed by atoms with Crippen LogP contribution >= 0.6 is 7.94 Å². The number of carbonyl (C=O) groups excluding carboxylic acids is 1. The summed E-state index contributed by atoms with van der Waals surface area (Å²) in [7, 11) is -2.03. The molecule has 5 atom stereocenters. The summed E-state index contributed by atoms with van der Waals surface area (Å²) in [6.45, 7) is 12.8. The average Bonchev–Trinajstić information content (AvgIpc) is 2.67. The van der Waals surface area contributed by atoms with Gasteiger partial charge in [0.25, 0.3) is 0 Å². The Morgan fingerprint density at radius 2 is 1.71 bits per heavy atom. The molecule has 178 valence electrons. The van der Waals surface area contributed by atoms with Crippen molar-refractivity contribution in [1.29, 1.82) is 0 Å². The lowest BCUT2D eigenvalue weighted by Gasteiger charge is -2.36. The molecule has 1 amide bonds. The van der Waals surface area contributed by atoms with Gasteiger partial charge in [-0.2, -0.15) is 13.9 Å². The molecule has 0 spiro atoms. The highest BCUT2D eigenvalue weighted by Crippen LogP contribution is 2.66. The summed E-state index contributed by atoms with van der Waals surface area (Å²) in [6.07, 6.45) is -2.29. The van der Waals surface area contributed by atoms with Crippen LogP contribution < -0.4 is 5.32 Å². The van der Waals surface area contributed by atoms with E-state index in [1.807, 2.05) is 65.0 Å². The molecule has 8 nitrogen and oxygen atoms in total. The van der Waals surface area contributed by atoms with Crippen molar-refractivity contribution in [3.63, 3.8) is 0 Å². The van der Waals surface area contributed by atoms with E-state index in [1.54, 1.807) is 13.8 Å². The summed E-state index contributed by atoms with van der Waals surface area (Å²) >= 11 is 0. The molecule has 0 heterocycles. The highest BCUT2D eigenvalue weighted by Gasteiger charge is 2.55. The van der Waals surface area contributed by atoms with E-state index in [0.29, 0.717) is 0 Å². The Morgan fingerprint density at radius 3 is 2.19 bits per heavy atom. The Kier molecular flexibility index (Phi) is 10.8. The molecular formula is C22H39NO7P+. The lowest BCUT2D eigenvalue weighted by Crippen LogP contribution is -2.51.